The topological polar surface area (TPSA) is 60.2 Å². The normalized spacial score (nSPS) is 12.2. The number of hydrogen-bond acceptors (Lipinski definition) is 4. The number of benzene rings is 1. The van der Waals surface area contributed by atoms with E-state index >= 15 is 0 Å². The van der Waals surface area contributed by atoms with Crippen molar-refractivity contribution in [2.45, 2.75) is 4.90 Å². The molecule has 0 amide bonds. The van der Waals surface area contributed by atoms with Crippen LogP contribution in [0.1, 0.15) is 0 Å². The summed E-state index contributed by atoms with van der Waals surface area (Å²) in [4.78, 5) is -0.0614. The molecule has 0 aliphatic carbocycles. The molecule has 2 rings (SSSR count). The molecule has 80 valence electrons. The van der Waals surface area contributed by atoms with E-state index in [9.17, 15) is 8.42 Å². The molecule has 0 saturated heterocycles. The standard InChI is InChI=1S/C7H2BrCl2NO3S/c8-5-2-3(15(10,12)13)1-4-6(5)14-11-7(4)9/h1-2H. The third-order valence-electron chi connectivity index (χ3n) is 1.74. The van der Waals surface area contributed by atoms with Crippen molar-refractivity contribution in [3.8, 4) is 0 Å². The van der Waals surface area contributed by atoms with E-state index in [2.05, 4.69) is 21.1 Å². The van der Waals surface area contributed by atoms with E-state index in [-0.39, 0.29) is 10.0 Å². The van der Waals surface area contributed by atoms with Crippen LogP contribution >= 0.6 is 38.2 Å². The Bertz CT molecular complexity index is 637. The van der Waals surface area contributed by atoms with Gasteiger partial charge >= 0.3 is 0 Å². The summed E-state index contributed by atoms with van der Waals surface area (Å²) in [6.45, 7) is 0. The number of fused-ring (bicyclic) bond motifs is 1. The second-order valence-electron chi connectivity index (χ2n) is 2.69. The summed E-state index contributed by atoms with van der Waals surface area (Å²) in [5.74, 6) is 0. The molecule has 0 N–H and O–H groups in total. The van der Waals surface area contributed by atoms with E-state index in [0.29, 0.717) is 15.4 Å². The van der Waals surface area contributed by atoms with Crippen molar-refractivity contribution in [3.05, 3.63) is 21.8 Å². The van der Waals surface area contributed by atoms with E-state index in [0.717, 1.165) is 0 Å². The van der Waals surface area contributed by atoms with E-state index < -0.39 is 9.05 Å². The predicted molar refractivity (Wildman–Crippen MR) is 59.8 cm³/mol. The van der Waals surface area contributed by atoms with Crippen LogP contribution in [-0.2, 0) is 9.05 Å². The molecule has 0 atom stereocenters. The first-order valence-corrected chi connectivity index (χ1v) is 7.07. The molecule has 0 aliphatic rings. The van der Waals surface area contributed by atoms with Crippen LogP contribution < -0.4 is 0 Å². The van der Waals surface area contributed by atoms with Crippen molar-refractivity contribution in [2.24, 2.45) is 0 Å². The maximum Gasteiger partial charge on any atom is 0.261 e. The monoisotopic (exact) mass is 329 g/mol. The molecular weight excluding hydrogens is 329 g/mol. The fourth-order valence-electron chi connectivity index (χ4n) is 1.09. The lowest BCUT2D eigenvalue weighted by Crippen LogP contribution is -1.90. The van der Waals surface area contributed by atoms with Crippen LogP contribution in [0.25, 0.3) is 11.0 Å². The minimum absolute atomic E-state index is 0.0614. The van der Waals surface area contributed by atoms with Gasteiger partial charge in [-0.15, -0.1) is 0 Å². The lowest BCUT2D eigenvalue weighted by molar-refractivity contribution is 0.455. The second kappa shape index (κ2) is 3.62. The Hall–Kier alpha value is -0.300. The lowest BCUT2D eigenvalue weighted by atomic mass is 10.3. The highest BCUT2D eigenvalue weighted by atomic mass is 79.9. The summed E-state index contributed by atoms with van der Waals surface area (Å²) >= 11 is 8.84. The highest BCUT2D eigenvalue weighted by molar-refractivity contribution is 9.10. The van der Waals surface area contributed by atoms with Crippen LogP contribution in [0.5, 0.6) is 0 Å². The second-order valence-corrected chi connectivity index (χ2v) is 6.47. The summed E-state index contributed by atoms with van der Waals surface area (Å²) in [6, 6.07) is 2.63. The van der Waals surface area contributed by atoms with Crippen LogP contribution in [0.4, 0.5) is 0 Å². The van der Waals surface area contributed by atoms with Crippen LogP contribution in [0.2, 0.25) is 5.15 Å². The van der Waals surface area contributed by atoms with Crippen LogP contribution in [0, 0.1) is 0 Å². The molecule has 0 spiro atoms. The molecule has 0 saturated carbocycles. The zero-order chi connectivity index (χ0) is 11.2. The Kier molecular flexibility index (Phi) is 2.70. The Labute approximate surface area is 103 Å². The van der Waals surface area contributed by atoms with Crippen molar-refractivity contribution < 1.29 is 12.9 Å². The molecule has 0 unspecified atom stereocenters. The quantitative estimate of drug-likeness (QED) is 0.753. The summed E-state index contributed by atoms with van der Waals surface area (Å²) in [5.41, 5.74) is 0.379. The molecule has 1 aromatic carbocycles. The van der Waals surface area contributed by atoms with Gasteiger partial charge in [-0.05, 0) is 28.1 Å². The Balaban J connectivity index is 2.88. The van der Waals surface area contributed by atoms with Crippen LogP contribution in [-0.4, -0.2) is 13.6 Å². The van der Waals surface area contributed by atoms with Crippen molar-refractivity contribution in [1.29, 1.82) is 0 Å². The van der Waals surface area contributed by atoms with Crippen molar-refractivity contribution >= 4 is 58.2 Å². The van der Waals surface area contributed by atoms with Gasteiger partial charge in [0.05, 0.1) is 14.8 Å². The molecule has 8 heteroatoms. The van der Waals surface area contributed by atoms with Gasteiger partial charge in [-0.2, -0.15) is 0 Å². The molecule has 4 nitrogen and oxygen atoms in total. The molecule has 2 aromatic rings. The number of hydrogen-bond donors (Lipinski definition) is 0. The van der Waals surface area contributed by atoms with Gasteiger partial charge in [0.15, 0.2) is 10.7 Å². The molecule has 0 fully saturated rings. The van der Waals surface area contributed by atoms with Gasteiger partial charge in [-0.1, -0.05) is 16.8 Å². The summed E-state index contributed by atoms with van der Waals surface area (Å²) in [5, 5.41) is 3.99. The highest BCUT2D eigenvalue weighted by Gasteiger charge is 2.17. The summed E-state index contributed by atoms with van der Waals surface area (Å²) in [6.07, 6.45) is 0. The first-order chi connectivity index (χ1) is 6.89. The van der Waals surface area contributed by atoms with E-state index in [4.69, 9.17) is 26.8 Å². The number of aromatic nitrogens is 1. The average molecular weight is 331 g/mol. The number of halogens is 3. The summed E-state index contributed by atoms with van der Waals surface area (Å²) < 4.78 is 27.5. The Morgan fingerprint density at radius 1 is 1.40 bits per heavy atom. The maximum atomic E-state index is 11.1. The molecular formula is C7H2BrCl2NO3S. The molecule has 0 radical (unpaired) electrons. The maximum absolute atomic E-state index is 11.1. The van der Waals surface area contributed by atoms with Crippen LogP contribution in [0.3, 0.4) is 0 Å². The van der Waals surface area contributed by atoms with Gasteiger partial charge in [0, 0.05) is 10.7 Å². The van der Waals surface area contributed by atoms with E-state index in [1.54, 1.807) is 0 Å². The highest BCUT2D eigenvalue weighted by Crippen LogP contribution is 2.32. The summed E-state index contributed by atoms with van der Waals surface area (Å²) in [7, 11) is 1.41. The predicted octanol–water partition coefficient (Wildman–Crippen LogP) is 3.17. The smallest absolute Gasteiger partial charge is 0.261 e. The zero-order valence-electron chi connectivity index (χ0n) is 6.87. The number of rotatable bonds is 1. The largest absolute Gasteiger partial charge is 0.354 e. The van der Waals surface area contributed by atoms with E-state index in [1.807, 2.05) is 0 Å². The Morgan fingerprint density at radius 3 is 2.67 bits per heavy atom. The molecule has 15 heavy (non-hydrogen) atoms. The molecule has 1 aromatic heterocycles. The van der Waals surface area contributed by atoms with Gasteiger partial charge in [0.2, 0.25) is 0 Å². The minimum Gasteiger partial charge on any atom is -0.354 e. The average Bonchev–Trinajstić information content (AvgIpc) is 2.47. The first-order valence-electron chi connectivity index (χ1n) is 3.58. The van der Waals surface area contributed by atoms with Crippen LogP contribution in [0.15, 0.2) is 26.0 Å². The van der Waals surface area contributed by atoms with E-state index in [1.165, 1.54) is 12.1 Å². The third kappa shape index (κ3) is 1.99. The first kappa shape index (κ1) is 11.2. The van der Waals surface area contributed by atoms with Gasteiger partial charge in [0.25, 0.3) is 9.05 Å². The van der Waals surface area contributed by atoms with Gasteiger partial charge in [0.1, 0.15) is 0 Å². The fraction of sp³-hybridized carbons (Fsp3) is 0. The Morgan fingerprint density at radius 2 is 2.07 bits per heavy atom. The molecule has 0 aliphatic heterocycles. The number of nitrogens with zero attached hydrogens (tertiary/aromatic N) is 1. The van der Waals surface area contributed by atoms with Crippen molar-refractivity contribution in [3.63, 3.8) is 0 Å². The van der Waals surface area contributed by atoms with Crippen molar-refractivity contribution in [2.75, 3.05) is 0 Å². The van der Waals surface area contributed by atoms with Crippen molar-refractivity contribution in [1.82, 2.24) is 5.16 Å². The third-order valence-corrected chi connectivity index (χ3v) is 3.93. The van der Waals surface area contributed by atoms with Gasteiger partial charge in [-0.25, -0.2) is 8.42 Å². The zero-order valence-corrected chi connectivity index (χ0v) is 10.8. The fourth-order valence-corrected chi connectivity index (χ4v) is 2.73. The molecule has 1 heterocycles. The minimum atomic E-state index is -3.80. The lowest BCUT2D eigenvalue weighted by Gasteiger charge is -1.97. The van der Waals surface area contributed by atoms with Gasteiger partial charge in [-0.3, -0.25) is 0 Å². The molecule has 0 bridgehead atoms. The van der Waals surface area contributed by atoms with Gasteiger partial charge < -0.3 is 4.52 Å². The SMILES string of the molecule is O=S(=O)(Cl)c1cc(Br)c2onc(Cl)c2c1.